The van der Waals surface area contributed by atoms with Crippen LogP contribution in [0, 0.1) is 6.92 Å². The normalized spacial score (nSPS) is 10.8. The van der Waals surface area contributed by atoms with Crippen molar-refractivity contribution in [1.29, 1.82) is 0 Å². The van der Waals surface area contributed by atoms with Crippen molar-refractivity contribution in [1.82, 2.24) is 0 Å². The van der Waals surface area contributed by atoms with Crippen molar-refractivity contribution < 1.29 is 42.5 Å². The van der Waals surface area contributed by atoms with Crippen LogP contribution in [0.3, 0.4) is 0 Å². The molecule has 2 aromatic carbocycles. The van der Waals surface area contributed by atoms with Gasteiger partial charge in [0.2, 0.25) is 0 Å². The summed E-state index contributed by atoms with van der Waals surface area (Å²) in [6, 6.07) is 13.8. The zero-order valence-electron chi connectivity index (χ0n) is 10.3. The quantitative estimate of drug-likeness (QED) is 0.549. The summed E-state index contributed by atoms with van der Waals surface area (Å²) in [7, 11) is -4.36. The zero-order valence-corrected chi connectivity index (χ0v) is 13.1. The van der Waals surface area contributed by atoms with Gasteiger partial charge in [0, 0.05) is 0 Å². The van der Waals surface area contributed by atoms with E-state index >= 15 is 0 Å². The average Bonchev–Trinajstić information content (AvgIpc) is 2.28. The Bertz CT molecular complexity index is 634. The Balaban J connectivity index is 0.00000162. The molecule has 18 heavy (non-hydrogen) atoms. The Morgan fingerprint density at radius 3 is 2.06 bits per heavy atom. The van der Waals surface area contributed by atoms with E-state index in [0.29, 0.717) is 0 Å². The summed E-state index contributed by atoms with van der Waals surface area (Å²) >= 11 is 0. The van der Waals surface area contributed by atoms with Gasteiger partial charge in [-0.1, -0.05) is 42.0 Å². The molecule has 0 bridgehead atoms. The first-order valence-electron chi connectivity index (χ1n) is 5.10. The summed E-state index contributed by atoms with van der Waals surface area (Å²) in [5, 5.41) is 0. The van der Waals surface area contributed by atoms with Crippen molar-refractivity contribution >= 4 is 10.1 Å². The van der Waals surface area contributed by atoms with Crippen LogP contribution in [-0.4, -0.2) is 13.0 Å². The molecule has 0 N–H and O–H groups in total. The third-order valence-electron chi connectivity index (χ3n) is 2.49. The van der Waals surface area contributed by atoms with Gasteiger partial charge in [0.25, 0.3) is 0 Å². The molecule has 0 aromatic heterocycles. The van der Waals surface area contributed by atoms with Crippen molar-refractivity contribution in [2.75, 3.05) is 0 Å². The van der Waals surface area contributed by atoms with Crippen molar-refractivity contribution in [3.63, 3.8) is 0 Å². The molecule has 88 valence electrons. The van der Waals surface area contributed by atoms with Crippen LogP contribution in [0.5, 0.6) is 0 Å². The van der Waals surface area contributed by atoms with Crippen LogP contribution in [0.4, 0.5) is 0 Å². The predicted octanol–water partition coefficient (Wildman–Crippen LogP) is -0.430. The van der Waals surface area contributed by atoms with E-state index in [-0.39, 0.29) is 34.5 Å². The van der Waals surface area contributed by atoms with Gasteiger partial charge in [0.05, 0.1) is 4.90 Å². The summed E-state index contributed by atoms with van der Waals surface area (Å²) < 4.78 is 32.3. The maximum Gasteiger partial charge on any atom is 1.00 e. The molecule has 0 aliphatic carbocycles. The second kappa shape index (κ2) is 5.99. The molecule has 2 aromatic rings. The first kappa shape index (κ1) is 15.4. The molecular formula is C13H11NaO3S. The molecule has 0 atom stereocenters. The van der Waals surface area contributed by atoms with Crippen molar-refractivity contribution in [2.24, 2.45) is 0 Å². The predicted molar refractivity (Wildman–Crippen MR) is 64.6 cm³/mol. The molecule has 0 aliphatic rings. The molecule has 0 fully saturated rings. The third-order valence-corrected chi connectivity index (χ3v) is 3.34. The fourth-order valence-electron chi connectivity index (χ4n) is 1.64. The standard InChI is InChI=1S/C13H12O3S.Na/c1-10-3-2-4-12(9-10)11-5-7-13(8-6-11)17(14,15)16;/h2-9H,1H3,(H,14,15,16);/q;+1/p-1. The summed E-state index contributed by atoms with van der Waals surface area (Å²) in [5.41, 5.74) is 3.02. The van der Waals surface area contributed by atoms with E-state index in [2.05, 4.69) is 0 Å². The second-order valence-corrected chi connectivity index (χ2v) is 5.23. The average molecular weight is 270 g/mol. The minimum atomic E-state index is -4.36. The zero-order chi connectivity index (χ0) is 12.5. The smallest absolute Gasteiger partial charge is 0.744 e. The van der Waals surface area contributed by atoms with E-state index in [1.165, 1.54) is 12.1 Å². The van der Waals surface area contributed by atoms with Crippen LogP contribution >= 0.6 is 0 Å². The van der Waals surface area contributed by atoms with Crippen LogP contribution in [0.2, 0.25) is 0 Å². The summed E-state index contributed by atoms with van der Waals surface area (Å²) in [6.07, 6.45) is 0. The van der Waals surface area contributed by atoms with E-state index in [1.807, 2.05) is 31.2 Å². The monoisotopic (exact) mass is 270 g/mol. The van der Waals surface area contributed by atoms with Crippen molar-refractivity contribution in [3.8, 4) is 11.1 Å². The SMILES string of the molecule is Cc1cccc(-c2ccc(S(=O)(=O)[O-])cc2)c1.[Na+]. The Morgan fingerprint density at radius 2 is 1.56 bits per heavy atom. The fraction of sp³-hybridized carbons (Fsp3) is 0.0769. The number of hydrogen-bond donors (Lipinski definition) is 0. The van der Waals surface area contributed by atoms with Crippen LogP contribution in [-0.2, 0) is 10.1 Å². The van der Waals surface area contributed by atoms with Gasteiger partial charge in [-0.25, -0.2) is 8.42 Å². The number of rotatable bonds is 2. The molecule has 3 nitrogen and oxygen atoms in total. The minimum Gasteiger partial charge on any atom is -0.744 e. The maximum atomic E-state index is 10.8. The van der Waals surface area contributed by atoms with Gasteiger partial charge in [0.15, 0.2) is 0 Å². The number of aryl methyl sites for hydroxylation is 1. The molecule has 0 saturated heterocycles. The van der Waals surface area contributed by atoms with E-state index < -0.39 is 10.1 Å². The maximum absolute atomic E-state index is 10.8. The molecule has 0 saturated carbocycles. The van der Waals surface area contributed by atoms with Crippen LogP contribution in [0.15, 0.2) is 53.4 Å². The molecule has 0 spiro atoms. The topological polar surface area (TPSA) is 57.2 Å². The van der Waals surface area contributed by atoms with Crippen LogP contribution in [0.1, 0.15) is 5.56 Å². The van der Waals surface area contributed by atoms with Gasteiger partial charge >= 0.3 is 29.6 Å². The van der Waals surface area contributed by atoms with Gasteiger partial charge in [-0.15, -0.1) is 0 Å². The van der Waals surface area contributed by atoms with Gasteiger partial charge in [-0.2, -0.15) is 0 Å². The summed E-state index contributed by atoms with van der Waals surface area (Å²) in [6.45, 7) is 1.99. The van der Waals surface area contributed by atoms with Crippen molar-refractivity contribution in [2.45, 2.75) is 11.8 Å². The van der Waals surface area contributed by atoms with Gasteiger partial charge in [-0.3, -0.25) is 0 Å². The van der Waals surface area contributed by atoms with Gasteiger partial charge < -0.3 is 4.55 Å². The second-order valence-electron chi connectivity index (χ2n) is 3.85. The van der Waals surface area contributed by atoms with Crippen LogP contribution in [0.25, 0.3) is 11.1 Å². The van der Waals surface area contributed by atoms with Gasteiger partial charge in [-0.05, 0) is 30.2 Å². The first-order chi connectivity index (χ1) is 7.97. The summed E-state index contributed by atoms with van der Waals surface area (Å²) in [5.74, 6) is 0. The molecule has 0 aliphatic heterocycles. The molecular weight excluding hydrogens is 259 g/mol. The molecule has 0 heterocycles. The molecule has 0 unspecified atom stereocenters. The van der Waals surface area contributed by atoms with E-state index in [0.717, 1.165) is 16.7 Å². The first-order valence-corrected chi connectivity index (χ1v) is 6.51. The Morgan fingerprint density at radius 1 is 0.944 bits per heavy atom. The third kappa shape index (κ3) is 3.67. The van der Waals surface area contributed by atoms with Crippen LogP contribution < -0.4 is 29.6 Å². The number of hydrogen-bond acceptors (Lipinski definition) is 3. The number of benzene rings is 2. The molecule has 2 rings (SSSR count). The van der Waals surface area contributed by atoms with E-state index in [9.17, 15) is 13.0 Å². The van der Waals surface area contributed by atoms with E-state index in [4.69, 9.17) is 0 Å². The molecule has 0 amide bonds. The molecule has 0 radical (unpaired) electrons. The Hall–Kier alpha value is -0.650. The minimum absolute atomic E-state index is 0. The van der Waals surface area contributed by atoms with Crippen molar-refractivity contribution in [3.05, 3.63) is 54.1 Å². The Labute approximate surface area is 129 Å². The fourth-order valence-corrected chi connectivity index (χ4v) is 2.11. The van der Waals surface area contributed by atoms with Gasteiger partial charge in [0.1, 0.15) is 10.1 Å². The largest absolute Gasteiger partial charge is 1.00 e. The molecule has 5 heteroatoms. The summed E-state index contributed by atoms with van der Waals surface area (Å²) in [4.78, 5) is -0.200. The Kier molecular flexibility index (Phi) is 5.13. The van der Waals surface area contributed by atoms with E-state index in [1.54, 1.807) is 12.1 Å².